The second-order valence-corrected chi connectivity index (χ2v) is 9.10. The summed E-state index contributed by atoms with van der Waals surface area (Å²) in [4.78, 5) is 1.11. The summed E-state index contributed by atoms with van der Waals surface area (Å²) in [5.41, 5.74) is 7.08. The third kappa shape index (κ3) is 3.83. The largest absolute Gasteiger partial charge is 0.330 e. The minimum absolute atomic E-state index is 0.173. The first-order chi connectivity index (χ1) is 11.1. The number of rotatable bonds is 6. The van der Waals surface area contributed by atoms with Gasteiger partial charge >= 0.3 is 0 Å². The third-order valence-corrected chi connectivity index (χ3v) is 7.26. The highest BCUT2D eigenvalue weighted by molar-refractivity contribution is 7.89. The van der Waals surface area contributed by atoms with Gasteiger partial charge in [0, 0.05) is 23.9 Å². The molecule has 1 aliphatic rings. The summed E-state index contributed by atoms with van der Waals surface area (Å²) in [5, 5.41) is 1.98. The maximum Gasteiger partial charge on any atom is 0.214 e. The number of hydrogen-bond acceptors (Lipinski definition) is 4. The Labute approximate surface area is 142 Å². The van der Waals surface area contributed by atoms with E-state index in [9.17, 15) is 8.42 Å². The zero-order chi connectivity index (χ0) is 16.3. The van der Waals surface area contributed by atoms with Crippen molar-refractivity contribution in [3.05, 3.63) is 58.3 Å². The molecular weight excluding hydrogens is 328 g/mol. The van der Waals surface area contributed by atoms with Crippen molar-refractivity contribution in [2.75, 3.05) is 25.4 Å². The summed E-state index contributed by atoms with van der Waals surface area (Å²) in [5.74, 6) is 0.554. The van der Waals surface area contributed by atoms with Crippen LogP contribution in [-0.2, 0) is 16.4 Å². The molecule has 0 aliphatic carbocycles. The molecule has 1 aliphatic heterocycles. The summed E-state index contributed by atoms with van der Waals surface area (Å²) in [6.45, 7) is 1.58. The van der Waals surface area contributed by atoms with Gasteiger partial charge in [-0.15, -0.1) is 11.3 Å². The van der Waals surface area contributed by atoms with Gasteiger partial charge < -0.3 is 5.73 Å². The standard InChI is InChI=1S/C17H22N2O2S2/c18-11-15-12-19(13-17(15)14-5-2-1-3-6-14)23(20,21)10-8-16-7-4-9-22-16/h1-7,9,15,17H,8,10-13,18H2/t15-,17+/m1/s1. The van der Waals surface area contributed by atoms with Crippen LogP contribution in [0.2, 0.25) is 0 Å². The molecule has 0 radical (unpaired) electrons. The molecule has 0 saturated carbocycles. The van der Waals surface area contributed by atoms with Crippen molar-refractivity contribution in [1.82, 2.24) is 4.31 Å². The SMILES string of the molecule is NC[C@@H]1CN(S(=O)(=O)CCc2cccs2)C[C@H]1c1ccccc1. The van der Waals surface area contributed by atoms with E-state index in [1.165, 1.54) is 5.56 Å². The molecular formula is C17H22N2O2S2. The molecule has 1 aromatic heterocycles. The minimum atomic E-state index is -3.24. The number of hydrogen-bond donors (Lipinski definition) is 1. The van der Waals surface area contributed by atoms with Crippen LogP contribution < -0.4 is 5.73 Å². The third-order valence-electron chi connectivity index (χ3n) is 4.52. The lowest BCUT2D eigenvalue weighted by Gasteiger charge is -2.16. The van der Waals surface area contributed by atoms with Gasteiger partial charge in [-0.2, -0.15) is 0 Å². The van der Waals surface area contributed by atoms with E-state index in [1.54, 1.807) is 15.6 Å². The van der Waals surface area contributed by atoms with E-state index in [0.717, 1.165) is 4.88 Å². The van der Waals surface area contributed by atoms with Crippen molar-refractivity contribution in [3.8, 4) is 0 Å². The molecule has 124 valence electrons. The molecule has 2 aromatic rings. The van der Waals surface area contributed by atoms with Crippen LogP contribution in [0.1, 0.15) is 16.4 Å². The van der Waals surface area contributed by atoms with Gasteiger partial charge in [-0.1, -0.05) is 36.4 Å². The highest BCUT2D eigenvalue weighted by Gasteiger charge is 2.38. The van der Waals surface area contributed by atoms with E-state index in [1.807, 2.05) is 35.7 Å². The lowest BCUT2D eigenvalue weighted by molar-refractivity contribution is 0.459. The molecule has 0 spiro atoms. The van der Waals surface area contributed by atoms with Crippen LogP contribution in [0.4, 0.5) is 0 Å². The first-order valence-electron chi connectivity index (χ1n) is 7.85. The van der Waals surface area contributed by atoms with Gasteiger partial charge in [0.1, 0.15) is 0 Å². The van der Waals surface area contributed by atoms with Gasteiger partial charge in [0.2, 0.25) is 10.0 Å². The topological polar surface area (TPSA) is 63.4 Å². The first kappa shape index (κ1) is 16.6. The summed E-state index contributed by atoms with van der Waals surface area (Å²) in [6.07, 6.45) is 0.583. The summed E-state index contributed by atoms with van der Waals surface area (Å²) >= 11 is 1.61. The van der Waals surface area contributed by atoms with E-state index >= 15 is 0 Å². The number of aryl methyl sites for hydroxylation is 1. The molecule has 0 amide bonds. The Morgan fingerprint density at radius 2 is 1.91 bits per heavy atom. The Morgan fingerprint density at radius 3 is 2.57 bits per heavy atom. The molecule has 2 N–H and O–H groups in total. The van der Waals surface area contributed by atoms with Crippen LogP contribution >= 0.6 is 11.3 Å². The molecule has 4 nitrogen and oxygen atoms in total. The predicted octanol–water partition coefficient (Wildman–Crippen LogP) is 2.29. The van der Waals surface area contributed by atoms with Gasteiger partial charge in [0.05, 0.1) is 5.75 Å². The van der Waals surface area contributed by atoms with Gasteiger partial charge in [-0.25, -0.2) is 12.7 Å². The van der Waals surface area contributed by atoms with Gasteiger partial charge in [-0.3, -0.25) is 0 Å². The lowest BCUT2D eigenvalue weighted by Crippen LogP contribution is -2.32. The van der Waals surface area contributed by atoms with Crippen molar-refractivity contribution in [3.63, 3.8) is 0 Å². The van der Waals surface area contributed by atoms with Gasteiger partial charge in [-0.05, 0) is 35.9 Å². The zero-order valence-corrected chi connectivity index (χ0v) is 14.6. The molecule has 1 saturated heterocycles. The van der Waals surface area contributed by atoms with E-state index < -0.39 is 10.0 Å². The van der Waals surface area contributed by atoms with Crippen molar-refractivity contribution < 1.29 is 8.42 Å². The molecule has 3 rings (SSSR count). The normalized spacial score (nSPS) is 22.5. The molecule has 23 heavy (non-hydrogen) atoms. The Kier molecular flexibility index (Phi) is 5.16. The summed E-state index contributed by atoms with van der Waals surface area (Å²) in [6, 6.07) is 14.0. The molecule has 6 heteroatoms. The number of nitrogens with two attached hydrogens (primary N) is 1. The smallest absolute Gasteiger partial charge is 0.214 e. The lowest BCUT2D eigenvalue weighted by atomic mass is 9.89. The van der Waals surface area contributed by atoms with Gasteiger partial charge in [0.25, 0.3) is 0 Å². The molecule has 0 bridgehead atoms. The van der Waals surface area contributed by atoms with Crippen LogP contribution in [-0.4, -0.2) is 38.1 Å². The second-order valence-electron chi connectivity index (χ2n) is 5.98. The zero-order valence-electron chi connectivity index (χ0n) is 13.0. The van der Waals surface area contributed by atoms with Crippen LogP contribution in [0.5, 0.6) is 0 Å². The average Bonchev–Trinajstić information content (AvgIpc) is 3.23. The maximum atomic E-state index is 12.7. The van der Waals surface area contributed by atoms with E-state index in [0.29, 0.717) is 26.1 Å². The molecule has 1 aromatic carbocycles. The Morgan fingerprint density at radius 1 is 1.13 bits per heavy atom. The van der Waals surface area contributed by atoms with Crippen LogP contribution in [0.15, 0.2) is 47.8 Å². The van der Waals surface area contributed by atoms with Crippen molar-refractivity contribution >= 4 is 21.4 Å². The molecule has 0 unspecified atom stereocenters. The molecule has 2 atom stereocenters. The van der Waals surface area contributed by atoms with E-state index in [2.05, 4.69) is 12.1 Å². The average molecular weight is 351 g/mol. The van der Waals surface area contributed by atoms with Crippen molar-refractivity contribution in [2.24, 2.45) is 11.7 Å². The van der Waals surface area contributed by atoms with Gasteiger partial charge in [0.15, 0.2) is 0 Å². The highest BCUT2D eigenvalue weighted by atomic mass is 32.2. The quantitative estimate of drug-likeness (QED) is 0.869. The van der Waals surface area contributed by atoms with Crippen molar-refractivity contribution in [2.45, 2.75) is 12.3 Å². The van der Waals surface area contributed by atoms with Crippen LogP contribution in [0, 0.1) is 5.92 Å². The molecule has 2 heterocycles. The number of thiophene rings is 1. The Balaban J connectivity index is 1.71. The fraction of sp³-hybridized carbons (Fsp3) is 0.412. The predicted molar refractivity (Wildman–Crippen MR) is 95.1 cm³/mol. The van der Waals surface area contributed by atoms with E-state index in [4.69, 9.17) is 5.73 Å². The summed E-state index contributed by atoms with van der Waals surface area (Å²) < 4.78 is 26.9. The monoisotopic (exact) mass is 350 g/mol. The van der Waals surface area contributed by atoms with Crippen LogP contribution in [0.25, 0.3) is 0 Å². The fourth-order valence-electron chi connectivity index (χ4n) is 3.19. The number of nitrogens with zero attached hydrogens (tertiary/aromatic N) is 1. The minimum Gasteiger partial charge on any atom is -0.330 e. The Hall–Kier alpha value is -1.21. The second kappa shape index (κ2) is 7.13. The fourth-order valence-corrected chi connectivity index (χ4v) is 5.57. The summed E-state index contributed by atoms with van der Waals surface area (Å²) in [7, 11) is -3.24. The Bertz CT molecular complexity index is 714. The van der Waals surface area contributed by atoms with Crippen LogP contribution in [0.3, 0.4) is 0 Å². The first-order valence-corrected chi connectivity index (χ1v) is 10.3. The molecule has 1 fully saturated rings. The number of sulfonamides is 1. The number of benzene rings is 1. The maximum absolute atomic E-state index is 12.7. The van der Waals surface area contributed by atoms with Crippen molar-refractivity contribution in [1.29, 1.82) is 0 Å². The van der Waals surface area contributed by atoms with E-state index in [-0.39, 0.29) is 17.6 Å². The highest BCUT2D eigenvalue weighted by Crippen LogP contribution is 2.33.